The molecule has 0 saturated carbocycles. The van der Waals surface area contributed by atoms with E-state index in [9.17, 15) is 0 Å². The molecule has 1 heteroatoms. The summed E-state index contributed by atoms with van der Waals surface area (Å²) in [5.41, 5.74) is 4.95. The molecular formula is C17H15N. The number of hydrogen-bond donors (Lipinski definition) is 1. The van der Waals surface area contributed by atoms with Crippen LogP contribution in [0, 0.1) is 0 Å². The summed E-state index contributed by atoms with van der Waals surface area (Å²) in [7, 11) is 0. The fourth-order valence-corrected chi connectivity index (χ4v) is 2.39. The van der Waals surface area contributed by atoms with E-state index in [4.69, 9.17) is 0 Å². The van der Waals surface area contributed by atoms with Crippen LogP contribution >= 0.6 is 0 Å². The quantitative estimate of drug-likeness (QED) is 0.690. The van der Waals surface area contributed by atoms with E-state index >= 15 is 0 Å². The summed E-state index contributed by atoms with van der Waals surface area (Å²) in [4.78, 5) is 3.42. The predicted molar refractivity (Wildman–Crippen MR) is 77.6 cm³/mol. The lowest BCUT2D eigenvalue weighted by molar-refractivity contribution is 1.19. The van der Waals surface area contributed by atoms with Crippen molar-refractivity contribution >= 4 is 17.0 Å². The summed E-state index contributed by atoms with van der Waals surface area (Å²) in [6, 6.07) is 18.9. The lowest BCUT2D eigenvalue weighted by atomic mass is 10.0. The molecule has 1 nitrogen and oxygen atoms in total. The monoisotopic (exact) mass is 233 g/mol. The Labute approximate surface area is 107 Å². The Morgan fingerprint density at radius 1 is 0.944 bits per heavy atom. The van der Waals surface area contributed by atoms with Gasteiger partial charge in [0.15, 0.2) is 0 Å². The number of benzene rings is 2. The summed E-state index contributed by atoms with van der Waals surface area (Å²) in [6.07, 6.45) is 2.84. The van der Waals surface area contributed by atoms with Gasteiger partial charge in [0, 0.05) is 23.0 Å². The van der Waals surface area contributed by atoms with Crippen LogP contribution in [-0.4, -0.2) is 4.98 Å². The minimum Gasteiger partial charge on any atom is -0.355 e. The van der Waals surface area contributed by atoms with Gasteiger partial charge in [0.2, 0.25) is 0 Å². The Balaban J connectivity index is 2.12. The highest BCUT2D eigenvalue weighted by molar-refractivity contribution is 5.87. The highest BCUT2D eigenvalue weighted by Crippen LogP contribution is 2.25. The van der Waals surface area contributed by atoms with Crippen molar-refractivity contribution < 1.29 is 0 Å². The van der Waals surface area contributed by atoms with E-state index in [0.29, 0.717) is 0 Å². The van der Waals surface area contributed by atoms with Crippen molar-refractivity contribution in [2.75, 3.05) is 0 Å². The predicted octanol–water partition coefficient (Wildman–Crippen LogP) is 4.40. The standard InChI is InChI=1S/C17H15N/c1-2-16-15(12-13-8-4-3-5-9-13)14-10-6-7-11-17(14)18-16/h2-11,18H,1,12H2. The van der Waals surface area contributed by atoms with Crippen LogP contribution in [0.3, 0.4) is 0 Å². The molecule has 2 aromatic carbocycles. The van der Waals surface area contributed by atoms with Crippen molar-refractivity contribution in [3.05, 3.63) is 78.0 Å². The third kappa shape index (κ3) is 1.84. The van der Waals surface area contributed by atoms with Crippen LogP contribution in [-0.2, 0) is 6.42 Å². The molecule has 3 rings (SSSR count). The number of rotatable bonds is 3. The molecule has 0 spiro atoms. The molecular weight excluding hydrogens is 218 g/mol. The molecule has 0 bridgehead atoms. The molecule has 0 radical (unpaired) electrons. The molecule has 3 aromatic rings. The van der Waals surface area contributed by atoms with Crippen molar-refractivity contribution in [1.29, 1.82) is 0 Å². The second-order valence-electron chi connectivity index (χ2n) is 4.43. The summed E-state index contributed by atoms with van der Waals surface area (Å²) >= 11 is 0. The van der Waals surface area contributed by atoms with Gasteiger partial charge >= 0.3 is 0 Å². The van der Waals surface area contributed by atoms with Crippen LogP contribution in [0.2, 0.25) is 0 Å². The van der Waals surface area contributed by atoms with Gasteiger partial charge in [-0.3, -0.25) is 0 Å². The van der Waals surface area contributed by atoms with Gasteiger partial charge in [-0.25, -0.2) is 0 Å². The van der Waals surface area contributed by atoms with Crippen LogP contribution < -0.4 is 0 Å². The number of hydrogen-bond acceptors (Lipinski definition) is 0. The van der Waals surface area contributed by atoms with Crippen molar-refractivity contribution in [2.24, 2.45) is 0 Å². The first kappa shape index (κ1) is 10.8. The zero-order chi connectivity index (χ0) is 12.4. The molecule has 88 valence electrons. The van der Waals surface area contributed by atoms with Gasteiger partial charge in [-0.1, -0.05) is 55.1 Å². The molecule has 0 fully saturated rings. The van der Waals surface area contributed by atoms with Gasteiger partial charge in [-0.05, 0) is 23.3 Å². The Hall–Kier alpha value is -2.28. The third-order valence-corrected chi connectivity index (χ3v) is 3.27. The summed E-state index contributed by atoms with van der Waals surface area (Å²) < 4.78 is 0. The first-order chi connectivity index (χ1) is 8.88. The van der Waals surface area contributed by atoms with Gasteiger partial charge in [-0.2, -0.15) is 0 Å². The number of nitrogens with one attached hydrogen (secondary N) is 1. The average molecular weight is 233 g/mol. The van der Waals surface area contributed by atoms with Crippen LogP contribution in [0.15, 0.2) is 61.2 Å². The maximum absolute atomic E-state index is 3.90. The highest BCUT2D eigenvalue weighted by atomic mass is 14.7. The van der Waals surface area contributed by atoms with Gasteiger partial charge < -0.3 is 4.98 Å². The molecule has 1 N–H and O–H groups in total. The average Bonchev–Trinajstić information content (AvgIpc) is 2.78. The van der Waals surface area contributed by atoms with E-state index in [0.717, 1.165) is 12.1 Å². The molecule has 1 aromatic heterocycles. The zero-order valence-electron chi connectivity index (χ0n) is 10.2. The van der Waals surface area contributed by atoms with E-state index in [2.05, 4.69) is 60.1 Å². The third-order valence-electron chi connectivity index (χ3n) is 3.27. The molecule has 1 heterocycles. The smallest absolute Gasteiger partial charge is 0.0461 e. The topological polar surface area (TPSA) is 15.8 Å². The second kappa shape index (κ2) is 4.53. The van der Waals surface area contributed by atoms with Gasteiger partial charge in [-0.15, -0.1) is 0 Å². The molecule has 0 aliphatic heterocycles. The molecule has 0 amide bonds. The normalized spacial score (nSPS) is 10.7. The van der Waals surface area contributed by atoms with E-state index < -0.39 is 0 Å². The molecule has 0 aliphatic rings. The lowest BCUT2D eigenvalue weighted by Crippen LogP contribution is -1.89. The maximum atomic E-state index is 3.90. The first-order valence-corrected chi connectivity index (χ1v) is 6.14. The fraction of sp³-hybridized carbons (Fsp3) is 0.0588. The zero-order valence-corrected chi connectivity index (χ0v) is 10.2. The second-order valence-corrected chi connectivity index (χ2v) is 4.43. The van der Waals surface area contributed by atoms with Crippen LogP contribution in [0.1, 0.15) is 16.8 Å². The number of aromatic amines is 1. The minimum atomic E-state index is 0.937. The molecule has 0 atom stereocenters. The Morgan fingerprint density at radius 3 is 2.44 bits per heavy atom. The Morgan fingerprint density at radius 2 is 1.67 bits per heavy atom. The van der Waals surface area contributed by atoms with Gasteiger partial charge in [0.1, 0.15) is 0 Å². The van der Waals surface area contributed by atoms with Crippen molar-refractivity contribution in [2.45, 2.75) is 6.42 Å². The molecule has 0 saturated heterocycles. The Kier molecular flexibility index (Phi) is 2.73. The van der Waals surface area contributed by atoms with Crippen molar-refractivity contribution in [3.63, 3.8) is 0 Å². The molecule has 18 heavy (non-hydrogen) atoms. The lowest BCUT2D eigenvalue weighted by Gasteiger charge is -2.02. The molecule has 0 aliphatic carbocycles. The number of fused-ring (bicyclic) bond motifs is 1. The van der Waals surface area contributed by atoms with E-state index in [1.807, 2.05) is 12.1 Å². The van der Waals surface area contributed by atoms with Crippen LogP contribution in [0.25, 0.3) is 17.0 Å². The van der Waals surface area contributed by atoms with E-state index in [1.165, 1.54) is 22.0 Å². The van der Waals surface area contributed by atoms with Gasteiger partial charge in [0.25, 0.3) is 0 Å². The number of aromatic nitrogens is 1. The maximum Gasteiger partial charge on any atom is 0.0461 e. The van der Waals surface area contributed by atoms with Crippen LogP contribution in [0.4, 0.5) is 0 Å². The fourth-order valence-electron chi connectivity index (χ4n) is 2.39. The summed E-state index contributed by atoms with van der Waals surface area (Å²) in [5.74, 6) is 0. The van der Waals surface area contributed by atoms with E-state index in [1.54, 1.807) is 0 Å². The van der Waals surface area contributed by atoms with Gasteiger partial charge in [0.05, 0.1) is 0 Å². The summed E-state index contributed by atoms with van der Waals surface area (Å²) in [6.45, 7) is 3.90. The van der Waals surface area contributed by atoms with Crippen molar-refractivity contribution in [1.82, 2.24) is 4.98 Å². The van der Waals surface area contributed by atoms with Crippen molar-refractivity contribution in [3.8, 4) is 0 Å². The largest absolute Gasteiger partial charge is 0.355 e. The summed E-state index contributed by atoms with van der Waals surface area (Å²) in [5, 5.41) is 1.29. The van der Waals surface area contributed by atoms with E-state index in [-0.39, 0.29) is 0 Å². The van der Waals surface area contributed by atoms with Crippen LogP contribution in [0.5, 0.6) is 0 Å². The number of para-hydroxylation sites is 1. The molecule has 0 unspecified atom stereocenters. The number of H-pyrrole nitrogens is 1. The Bertz CT molecular complexity index is 677. The minimum absolute atomic E-state index is 0.937. The SMILES string of the molecule is C=Cc1[nH]c2ccccc2c1Cc1ccccc1. The highest BCUT2D eigenvalue weighted by Gasteiger charge is 2.09. The first-order valence-electron chi connectivity index (χ1n) is 6.14.